The SMILES string of the molecule is C[C@](Oc1ccc2c(c1CCNc1ccc(C(=O)O)cc1)CCCC2=O)(c1ccccc1)c1ncc[nH]1. The van der Waals surface area contributed by atoms with Gasteiger partial charge in [0.05, 0.1) is 5.56 Å². The highest BCUT2D eigenvalue weighted by Crippen LogP contribution is 2.38. The Morgan fingerprint density at radius 3 is 2.57 bits per heavy atom. The van der Waals surface area contributed by atoms with Crippen LogP contribution >= 0.6 is 0 Å². The number of Topliss-reactive ketones (excluding diaryl/α,β-unsaturated/α-hetero) is 1. The average molecular weight is 496 g/mol. The Balaban J connectivity index is 1.48. The van der Waals surface area contributed by atoms with Crippen molar-refractivity contribution < 1.29 is 19.4 Å². The fourth-order valence-corrected chi connectivity index (χ4v) is 4.96. The van der Waals surface area contributed by atoms with Gasteiger partial charge in [-0.1, -0.05) is 30.3 Å². The zero-order chi connectivity index (χ0) is 25.8. The lowest BCUT2D eigenvalue weighted by Crippen LogP contribution is -2.33. The Hall–Kier alpha value is -4.39. The first kappa shape index (κ1) is 24.3. The molecule has 7 nitrogen and oxygen atoms in total. The molecule has 1 aliphatic rings. The molecule has 5 rings (SSSR count). The predicted octanol–water partition coefficient (Wildman–Crippen LogP) is 5.62. The van der Waals surface area contributed by atoms with Crippen molar-refractivity contribution in [2.24, 2.45) is 0 Å². The highest BCUT2D eigenvalue weighted by molar-refractivity contribution is 5.99. The first-order chi connectivity index (χ1) is 18.0. The number of hydrogen-bond acceptors (Lipinski definition) is 5. The summed E-state index contributed by atoms with van der Waals surface area (Å²) in [6.07, 6.45) is 6.34. The normalized spacial score (nSPS) is 14.5. The molecule has 3 aromatic carbocycles. The van der Waals surface area contributed by atoms with Crippen molar-refractivity contribution in [2.45, 2.75) is 38.2 Å². The summed E-state index contributed by atoms with van der Waals surface area (Å²) >= 11 is 0. The predicted molar refractivity (Wildman–Crippen MR) is 141 cm³/mol. The number of carboxylic acid groups (broad SMARTS) is 1. The standard InChI is InChI=1S/C30H29N3O4/c1-30(29-32-18-19-33-29,21-6-3-2-4-7-21)37-27-15-14-24-23(8-5-9-26(24)34)25(27)16-17-31-22-12-10-20(11-13-22)28(35)36/h2-4,6-7,10-15,18-19,31H,5,8-9,16-17H2,1H3,(H,32,33)(H,35,36)/t30-/m0/s1. The Labute approximate surface area is 215 Å². The molecule has 3 N–H and O–H groups in total. The fourth-order valence-electron chi connectivity index (χ4n) is 4.96. The molecule has 37 heavy (non-hydrogen) atoms. The number of nitrogens with one attached hydrogen (secondary N) is 2. The molecule has 0 amide bonds. The maximum absolute atomic E-state index is 12.7. The largest absolute Gasteiger partial charge is 0.478 e. The zero-order valence-electron chi connectivity index (χ0n) is 20.7. The lowest BCUT2D eigenvalue weighted by atomic mass is 9.85. The van der Waals surface area contributed by atoms with E-state index in [0.29, 0.717) is 25.2 Å². The van der Waals surface area contributed by atoms with Crippen LogP contribution in [0.4, 0.5) is 5.69 Å². The van der Waals surface area contributed by atoms with E-state index in [1.54, 1.807) is 36.7 Å². The van der Waals surface area contributed by atoms with Crippen molar-refractivity contribution in [3.8, 4) is 5.75 Å². The van der Waals surface area contributed by atoms with Crippen LogP contribution in [0.25, 0.3) is 0 Å². The van der Waals surface area contributed by atoms with E-state index < -0.39 is 11.6 Å². The first-order valence-corrected chi connectivity index (χ1v) is 12.5. The summed E-state index contributed by atoms with van der Waals surface area (Å²) in [5, 5.41) is 12.5. The molecule has 1 aliphatic carbocycles. The van der Waals surface area contributed by atoms with E-state index in [4.69, 9.17) is 9.84 Å². The number of rotatable bonds is 9. The number of H-pyrrole nitrogens is 1. The Morgan fingerprint density at radius 1 is 1.08 bits per heavy atom. The molecule has 1 heterocycles. The van der Waals surface area contributed by atoms with Crippen LogP contribution in [0.3, 0.4) is 0 Å². The molecule has 0 aliphatic heterocycles. The number of carbonyl (C=O) groups is 2. The third kappa shape index (κ3) is 4.98. The Morgan fingerprint density at radius 2 is 1.86 bits per heavy atom. The van der Waals surface area contributed by atoms with Gasteiger partial charge in [0, 0.05) is 42.2 Å². The van der Waals surface area contributed by atoms with Crippen LogP contribution in [0.5, 0.6) is 5.75 Å². The van der Waals surface area contributed by atoms with Gasteiger partial charge < -0.3 is 20.1 Å². The number of aromatic nitrogens is 2. The smallest absolute Gasteiger partial charge is 0.335 e. The number of carboxylic acids is 1. The molecule has 4 aromatic rings. The molecule has 188 valence electrons. The molecule has 0 saturated carbocycles. The van der Waals surface area contributed by atoms with Gasteiger partial charge in [-0.3, -0.25) is 4.79 Å². The van der Waals surface area contributed by atoms with Crippen LogP contribution < -0.4 is 10.1 Å². The van der Waals surface area contributed by atoms with Crippen molar-refractivity contribution >= 4 is 17.4 Å². The highest BCUT2D eigenvalue weighted by Gasteiger charge is 2.35. The summed E-state index contributed by atoms with van der Waals surface area (Å²) in [6, 6.07) is 20.4. The number of fused-ring (bicyclic) bond motifs is 1. The lowest BCUT2D eigenvalue weighted by molar-refractivity contribution is 0.0696. The van der Waals surface area contributed by atoms with E-state index in [0.717, 1.165) is 46.5 Å². The number of imidazole rings is 1. The number of aromatic amines is 1. The minimum absolute atomic E-state index is 0.170. The minimum Gasteiger partial charge on any atom is -0.478 e. The van der Waals surface area contributed by atoms with Gasteiger partial charge in [-0.25, -0.2) is 9.78 Å². The summed E-state index contributed by atoms with van der Waals surface area (Å²) in [7, 11) is 0. The van der Waals surface area contributed by atoms with E-state index in [2.05, 4.69) is 15.3 Å². The van der Waals surface area contributed by atoms with Gasteiger partial charge in [0.15, 0.2) is 17.2 Å². The molecular formula is C30H29N3O4. The zero-order valence-corrected chi connectivity index (χ0v) is 20.7. The van der Waals surface area contributed by atoms with Gasteiger partial charge in [-0.15, -0.1) is 0 Å². The van der Waals surface area contributed by atoms with Crippen molar-refractivity contribution in [3.63, 3.8) is 0 Å². The Bertz CT molecular complexity index is 1400. The van der Waals surface area contributed by atoms with E-state index in [1.807, 2.05) is 49.4 Å². The summed E-state index contributed by atoms with van der Waals surface area (Å²) in [6.45, 7) is 2.59. The van der Waals surface area contributed by atoms with Crippen LogP contribution in [0, 0.1) is 0 Å². The number of benzene rings is 3. The molecule has 0 saturated heterocycles. The number of hydrogen-bond donors (Lipinski definition) is 3. The van der Waals surface area contributed by atoms with Crippen molar-refractivity contribution in [1.29, 1.82) is 0 Å². The molecular weight excluding hydrogens is 466 g/mol. The second-order valence-corrected chi connectivity index (χ2v) is 9.34. The molecule has 1 aromatic heterocycles. The van der Waals surface area contributed by atoms with Crippen molar-refractivity contribution in [1.82, 2.24) is 9.97 Å². The topological polar surface area (TPSA) is 104 Å². The van der Waals surface area contributed by atoms with Crippen molar-refractivity contribution in [2.75, 3.05) is 11.9 Å². The van der Waals surface area contributed by atoms with Crippen LogP contribution in [0.15, 0.2) is 79.1 Å². The number of ketones is 1. The third-order valence-electron chi connectivity index (χ3n) is 6.94. The van der Waals surface area contributed by atoms with Gasteiger partial charge in [-0.05, 0) is 73.7 Å². The minimum atomic E-state index is -0.952. The Kier molecular flexibility index (Phi) is 6.77. The molecule has 0 fully saturated rings. The maximum Gasteiger partial charge on any atom is 0.335 e. The van der Waals surface area contributed by atoms with Gasteiger partial charge >= 0.3 is 5.97 Å². The summed E-state index contributed by atoms with van der Waals surface area (Å²) in [4.78, 5) is 31.6. The highest BCUT2D eigenvalue weighted by atomic mass is 16.5. The monoisotopic (exact) mass is 495 g/mol. The van der Waals surface area contributed by atoms with Gasteiger partial charge in [0.2, 0.25) is 0 Å². The number of aromatic carboxylic acids is 1. The van der Waals surface area contributed by atoms with E-state index in [1.165, 1.54) is 0 Å². The van der Waals surface area contributed by atoms with E-state index in [9.17, 15) is 9.59 Å². The number of ether oxygens (including phenoxy) is 1. The molecule has 7 heteroatoms. The summed E-state index contributed by atoms with van der Waals surface area (Å²) < 4.78 is 6.81. The molecule has 0 bridgehead atoms. The van der Waals surface area contributed by atoms with Gasteiger partial charge in [0.25, 0.3) is 0 Å². The average Bonchev–Trinajstić information content (AvgIpc) is 3.47. The van der Waals surface area contributed by atoms with Crippen LogP contribution in [0.1, 0.15) is 63.0 Å². The second kappa shape index (κ2) is 10.3. The molecule has 0 unspecified atom stereocenters. The van der Waals surface area contributed by atoms with Crippen LogP contribution in [0.2, 0.25) is 0 Å². The van der Waals surface area contributed by atoms with Crippen LogP contribution in [-0.2, 0) is 18.4 Å². The molecule has 0 spiro atoms. The summed E-state index contributed by atoms with van der Waals surface area (Å²) in [5.74, 6) is 0.629. The quantitative estimate of drug-likeness (QED) is 0.278. The van der Waals surface area contributed by atoms with Gasteiger partial charge in [0.1, 0.15) is 5.75 Å². The molecule has 1 atom stereocenters. The summed E-state index contributed by atoms with van der Waals surface area (Å²) in [5.41, 5.74) is 4.00. The second-order valence-electron chi connectivity index (χ2n) is 9.34. The fraction of sp³-hybridized carbons (Fsp3) is 0.233. The number of nitrogens with zero attached hydrogens (tertiary/aromatic N) is 1. The maximum atomic E-state index is 12.7. The third-order valence-corrected chi connectivity index (χ3v) is 6.94. The number of anilines is 1. The molecule has 0 radical (unpaired) electrons. The van der Waals surface area contributed by atoms with E-state index >= 15 is 0 Å². The van der Waals surface area contributed by atoms with Crippen LogP contribution in [-0.4, -0.2) is 33.4 Å². The lowest BCUT2D eigenvalue weighted by Gasteiger charge is -2.32. The van der Waals surface area contributed by atoms with E-state index in [-0.39, 0.29) is 11.3 Å². The van der Waals surface area contributed by atoms with Gasteiger partial charge in [-0.2, -0.15) is 0 Å². The number of carbonyl (C=O) groups excluding carboxylic acids is 1. The van der Waals surface area contributed by atoms with Crippen molar-refractivity contribution in [3.05, 3.63) is 113 Å². The first-order valence-electron chi connectivity index (χ1n) is 12.5.